The van der Waals surface area contributed by atoms with Crippen molar-refractivity contribution in [3.8, 4) is 0 Å². The second-order valence-electron chi connectivity index (χ2n) is 5.05. The molecule has 5 nitrogen and oxygen atoms in total. The zero-order chi connectivity index (χ0) is 14.6. The van der Waals surface area contributed by atoms with Crippen LogP contribution in [0.1, 0.15) is 35.5 Å². The maximum absolute atomic E-state index is 11.9. The summed E-state index contributed by atoms with van der Waals surface area (Å²) < 4.78 is 6.89. The van der Waals surface area contributed by atoms with E-state index in [1.165, 1.54) is 10.6 Å². The Kier molecular flexibility index (Phi) is 5.30. The lowest BCUT2D eigenvalue weighted by Crippen LogP contribution is -2.27. The number of hydrogen-bond donors (Lipinski definition) is 1. The van der Waals surface area contributed by atoms with Crippen LogP contribution in [-0.2, 0) is 11.3 Å². The largest absolute Gasteiger partial charge is 0.478 e. The van der Waals surface area contributed by atoms with Crippen molar-refractivity contribution in [2.45, 2.75) is 34.2 Å². The van der Waals surface area contributed by atoms with Crippen molar-refractivity contribution in [1.29, 1.82) is 0 Å². The van der Waals surface area contributed by atoms with E-state index in [2.05, 4.69) is 0 Å². The molecule has 0 saturated carbocycles. The second kappa shape index (κ2) is 6.52. The summed E-state index contributed by atoms with van der Waals surface area (Å²) in [5.41, 5.74) is 0.983. The molecule has 106 valence electrons. The first kappa shape index (κ1) is 15.4. The number of carboxylic acid groups (broad SMARTS) is 1. The smallest absolute Gasteiger partial charge is 0.337 e. The van der Waals surface area contributed by atoms with Gasteiger partial charge in [-0.2, -0.15) is 0 Å². The van der Waals surface area contributed by atoms with Crippen LogP contribution in [0.25, 0.3) is 0 Å². The van der Waals surface area contributed by atoms with Gasteiger partial charge < -0.3 is 14.4 Å². The Balaban J connectivity index is 2.92. The lowest BCUT2D eigenvalue weighted by atomic mass is 10.1. The Morgan fingerprint density at radius 2 is 2.05 bits per heavy atom. The van der Waals surface area contributed by atoms with Gasteiger partial charge in [-0.3, -0.25) is 4.79 Å². The van der Waals surface area contributed by atoms with Crippen molar-refractivity contribution < 1.29 is 14.6 Å². The molecule has 19 heavy (non-hydrogen) atoms. The van der Waals surface area contributed by atoms with Crippen LogP contribution < -0.4 is 5.56 Å². The summed E-state index contributed by atoms with van der Waals surface area (Å²) in [6, 6.07) is 1.36. The molecule has 0 saturated heterocycles. The van der Waals surface area contributed by atoms with Crippen LogP contribution in [0.5, 0.6) is 0 Å². The van der Waals surface area contributed by atoms with E-state index in [0.29, 0.717) is 36.9 Å². The van der Waals surface area contributed by atoms with Gasteiger partial charge in [-0.25, -0.2) is 4.79 Å². The normalized spacial score (nSPS) is 11.0. The van der Waals surface area contributed by atoms with Crippen molar-refractivity contribution in [2.75, 3.05) is 13.2 Å². The third-order valence-electron chi connectivity index (χ3n) is 2.89. The fourth-order valence-corrected chi connectivity index (χ4v) is 2.00. The van der Waals surface area contributed by atoms with E-state index in [4.69, 9.17) is 9.84 Å². The number of hydrogen-bond acceptors (Lipinski definition) is 3. The number of carbonyl (C=O) groups is 1. The number of nitrogens with zero attached hydrogens (tertiary/aromatic N) is 1. The van der Waals surface area contributed by atoms with E-state index in [1.54, 1.807) is 13.8 Å². The van der Waals surface area contributed by atoms with E-state index in [9.17, 15) is 9.59 Å². The summed E-state index contributed by atoms with van der Waals surface area (Å²) >= 11 is 0. The van der Waals surface area contributed by atoms with Gasteiger partial charge in [0, 0.05) is 24.9 Å². The molecule has 1 aromatic heterocycles. The molecular formula is C14H21NO4. The van der Waals surface area contributed by atoms with E-state index < -0.39 is 5.97 Å². The number of rotatable bonds is 6. The van der Waals surface area contributed by atoms with Gasteiger partial charge in [-0.05, 0) is 25.3 Å². The van der Waals surface area contributed by atoms with Gasteiger partial charge in [-0.1, -0.05) is 13.8 Å². The van der Waals surface area contributed by atoms with Gasteiger partial charge in [0.05, 0.1) is 12.2 Å². The predicted molar refractivity (Wildman–Crippen MR) is 72.8 cm³/mol. The van der Waals surface area contributed by atoms with Gasteiger partial charge in [0.1, 0.15) is 0 Å². The van der Waals surface area contributed by atoms with Crippen molar-refractivity contribution in [3.05, 3.63) is 33.2 Å². The van der Waals surface area contributed by atoms with Crippen LogP contribution in [0.15, 0.2) is 10.9 Å². The summed E-state index contributed by atoms with van der Waals surface area (Å²) in [5, 5.41) is 9.16. The number of ether oxygens (including phenoxy) is 1. The van der Waals surface area contributed by atoms with Crippen LogP contribution >= 0.6 is 0 Å². The average Bonchev–Trinajstić information content (AvgIpc) is 2.26. The number of pyridine rings is 1. The molecule has 1 N–H and O–H groups in total. The first-order valence-corrected chi connectivity index (χ1v) is 6.36. The van der Waals surface area contributed by atoms with Crippen molar-refractivity contribution in [2.24, 2.45) is 5.92 Å². The minimum atomic E-state index is -1.01. The number of aryl methyl sites for hydroxylation is 1. The molecule has 5 heteroatoms. The summed E-state index contributed by atoms with van der Waals surface area (Å²) in [6.45, 7) is 8.79. The van der Waals surface area contributed by atoms with Gasteiger partial charge in [0.25, 0.3) is 5.56 Å². The van der Waals surface area contributed by atoms with Gasteiger partial charge >= 0.3 is 5.97 Å². The van der Waals surface area contributed by atoms with Crippen LogP contribution in [-0.4, -0.2) is 28.9 Å². The Morgan fingerprint density at radius 1 is 1.42 bits per heavy atom. The van der Waals surface area contributed by atoms with Crippen LogP contribution in [0.3, 0.4) is 0 Å². The molecule has 0 aliphatic rings. The number of aromatic carboxylic acids is 1. The van der Waals surface area contributed by atoms with Crippen LogP contribution in [0.2, 0.25) is 0 Å². The molecule has 0 aromatic carbocycles. The molecule has 0 aliphatic carbocycles. The molecule has 0 amide bonds. The highest BCUT2D eigenvalue weighted by atomic mass is 16.5. The van der Waals surface area contributed by atoms with E-state index in [1.807, 2.05) is 13.8 Å². The zero-order valence-corrected chi connectivity index (χ0v) is 11.9. The highest BCUT2D eigenvalue weighted by molar-refractivity contribution is 5.90. The summed E-state index contributed by atoms with van der Waals surface area (Å²) in [6.07, 6.45) is 0. The third kappa shape index (κ3) is 3.92. The molecule has 1 aromatic rings. The zero-order valence-electron chi connectivity index (χ0n) is 11.9. The second-order valence-corrected chi connectivity index (χ2v) is 5.05. The van der Waals surface area contributed by atoms with Gasteiger partial charge in [0.15, 0.2) is 0 Å². The predicted octanol–water partition coefficient (Wildman–Crippen LogP) is 1.84. The molecule has 0 unspecified atom stereocenters. The molecule has 0 radical (unpaired) electrons. The van der Waals surface area contributed by atoms with Crippen LogP contribution in [0.4, 0.5) is 0 Å². The van der Waals surface area contributed by atoms with E-state index >= 15 is 0 Å². The molecule has 0 aliphatic heterocycles. The van der Waals surface area contributed by atoms with E-state index in [-0.39, 0.29) is 11.1 Å². The minimum absolute atomic E-state index is 0.187. The maximum Gasteiger partial charge on any atom is 0.337 e. The summed E-state index contributed by atoms with van der Waals surface area (Å²) in [7, 11) is 0. The third-order valence-corrected chi connectivity index (χ3v) is 2.89. The van der Waals surface area contributed by atoms with E-state index in [0.717, 1.165) is 0 Å². The lowest BCUT2D eigenvalue weighted by Gasteiger charge is -2.14. The molecule has 0 spiro atoms. The fourth-order valence-electron chi connectivity index (χ4n) is 2.00. The number of aromatic nitrogens is 1. The quantitative estimate of drug-likeness (QED) is 0.798. The molecule has 0 fully saturated rings. The first-order chi connectivity index (χ1) is 8.84. The highest BCUT2D eigenvalue weighted by Crippen LogP contribution is 2.11. The number of carboxylic acids is 1. The SMILES string of the molecule is Cc1cc(=O)n(CCOCC(C)C)c(C)c1C(=O)O. The molecule has 0 atom stereocenters. The molecule has 0 bridgehead atoms. The standard InChI is InChI=1S/C14H21NO4/c1-9(2)8-19-6-5-15-11(4)13(14(17)18)10(3)7-12(15)16/h7,9H,5-6,8H2,1-4H3,(H,17,18). The fraction of sp³-hybridized carbons (Fsp3) is 0.571. The molecule has 1 rings (SSSR count). The molecular weight excluding hydrogens is 246 g/mol. The van der Waals surface area contributed by atoms with Crippen molar-refractivity contribution >= 4 is 5.97 Å². The average molecular weight is 267 g/mol. The first-order valence-electron chi connectivity index (χ1n) is 6.36. The lowest BCUT2D eigenvalue weighted by molar-refractivity contribution is 0.0692. The summed E-state index contributed by atoms with van der Waals surface area (Å²) in [5.74, 6) is -0.572. The molecule has 1 heterocycles. The maximum atomic E-state index is 11.9. The Hall–Kier alpha value is -1.62. The monoisotopic (exact) mass is 267 g/mol. The Labute approximate surface area is 112 Å². The van der Waals surface area contributed by atoms with Crippen LogP contribution in [0, 0.1) is 19.8 Å². The summed E-state index contributed by atoms with van der Waals surface area (Å²) in [4.78, 5) is 23.1. The van der Waals surface area contributed by atoms with Gasteiger partial charge in [-0.15, -0.1) is 0 Å². The van der Waals surface area contributed by atoms with Crippen molar-refractivity contribution in [1.82, 2.24) is 4.57 Å². The Morgan fingerprint density at radius 3 is 2.58 bits per heavy atom. The van der Waals surface area contributed by atoms with Gasteiger partial charge in [0.2, 0.25) is 0 Å². The van der Waals surface area contributed by atoms with Crippen molar-refractivity contribution in [3.63, 3.8) is 0 Å². The highest BCUT2D eigenvalue weighted by Gasteiger charge is 2.15. The topological polar surface area (TPSA) is 68.5 Å². The minimum Gasteiger partial charge on any atom is -0.478 e. The Bertz CT molecular complexity index is 517.